The van der Waals surface area contributed by atoms with Crippen molar-refractivity contribution >= 4 is 17.5 Å². The number of rotatable bonds is 5. The van der Waals surface area contributed by atoms with Crippen LogP contribution in [0.25, 0.3) is 0 Å². The second-order valence-corrected chi connectivity index (χ2v) is 10.9. The number of nitriles is 1. The molecule has 1 saturated carbocycles. The van der Waals surface area contributed by atoms with E-state index in [4.69, 9.17) is 4.98 Å². The monoisotopic (exact) mass is 443 g/mol. The summed E-state index contributed by atoms with van der Waals surface area (Å²) < 4.78 is 0. The van der Waals surface area contributed by atoms with E-state index in [2.05, 4.69) is 63.2 Å². The number of aromatic nitrogens is 2. The highest BCUT2D eigenvalue weighted by Gasteiger charge is 2.52. The van der Waals surface area contributed by atoms with E-state index < -0.39 is 0 Å². The Morgan fingerprint density at radius 2 is 1.85 bits per heavy atom. The smallest absolute Gasteiger partial charge is 0.229 e. The second kappa shape index (κ2) is 7.68. The molecule has 7 heteroatoms. The molecule has 2 saturated heterocycles. The molecule has 1 aromatic carbocycles. The molecule has 172 valence electrons. The van der Waals surface area contributed by atoms with Gasteiger partial charge in [0, 0.05) is 43.6 Å². The topological polar surface area (TPSA) is 71.3 Å². The molecule has 0 radical (unpaired) electrons. The Labute approximate surface area is 196 Å². The molecule has 6 rings (SSSR count). The number of aryl methyl sites for hydroxylation is 1. The number of nitrogens with one attached hydrogen (secondary N) is 1. The van der Waals surface area contributed by atoms with Crippen LogP contribution in [0.4, 0.5) is 17.5 Å². The lowest BCUT2D eigenvalue weighted by atomic mass is 9.81. The van der Waals surface area contributed by atoms with Crippen LogP contribution in [0.5, 0.6) is 0 Å². The molecule has 0 amide bonds. The number of anilines is 3. The molecule has 3 aliphatic heterocycles. The van der Waals surface area contributed by atoms with Gasteiger partial charge in [-0.25, -0.2) is 4.98 Å². The van der Waals surface area contributed by atoms with Crippen LogP contribution < -0.4 is 10.2 Å². The quantitative estimate of drug-likeness (QED) is 0.753. The lowest BCUT2D eigenvalue weighted by Gasteiger charge is -2.57. The van der Waals surface area contributed by atoms with Gasteiger partial charge in [-0.3, -0.25) is 9.80 Å². The Kier molecular flexibility index (Phi) is 4.86. The summed E-state index contributed by atoms with van der Waals surface area (Å²) in [6, 6.07) is 9.01. The predicted octanol–water partition coefficient (Wildman–Crippen LogP) is 3.82. The third-order valence-corrected chi connectivity index (χ3v) is 8.42. The van der Waals surface area contributed by atoms with Gasteiger partial charge in [0.25, 0.3) is 0 Å². The molecule has 1 N–H and O–H groups in total. The number of benzene rings is 1. The van der Waals surface area contributed by atoms with Crippen molar-refractivity contribution in [2.24, 2.45) is 5.41 Å². The molecule has 1 aromatic heterocycles. The van der Waals surface area contributed by atoms with E-state index in [0.717, 1.165) is 56.3 Å². The largest absolute Gasteiger partial charge is 0.352 e. The zero-order chi connectivity index (χ0) is 22.6. The van der Waals surface area contributed by atoms with E-state index >= 15 is 0 Å². The number of piperidine rings is 1. The summed E-state index contributed by atoms with van der Waals surface area (Å²) in [6.07, 6.45) is 7.93. The summed E-state index contributed by atoms with van der Waals surface area (Å²) in [5.74, 6) is 1.62. The van der Waals surface area contributed by atoms with Gasteiger partial charge in [-0.1, -0.05) is 6.07 Å². The van der Waals surface area contributed by atoms with Crippen LogP contribution in [0.2, 0.25) is 0 Å². The van der Waals surface area contributed by atoms with Gasteiger partial charge < -0.3 is 10.2 Å². The van der Waals surface area contributed by atoms with Crippen LogP contribution in [-0.2, 0) is 13.1 Å². The number of nitrogens with zero attached hydrogens (tertiary/aromatic N) is 6. The first-order valence-electron chi connectivity index (χ1n) is 12.3. The van der Waals surface area contributed by atoms with E-state index in [9.17, 15) is 5.26 Å². The normalized spacial score (nSPS) is 23.1. The number of fused-ring (bicyclic) bond motifs is 1. The molecule has 4 heterocycles. The molecular weight excluding hydrogens is 410 g/mol. The first kappa shape index (κ1) is 20.9. The van der Waals surface area contributed by atoms with E-state index in [1.165, 1.54) is 36.8 Å². The molecule has 33 heavy (non-hydrogen) atoms. The fraction of sp³-hybridized carbons (Fsp3) is 0.577. The summed E-state index contributed by atoms with van der Waals surface area (Å²) in [6.45, 7) is 8.09. The molecule has 1 aliphatic carbocycles. The highest BCUT2D eigenvalue weighted by atomic mass is 15.4. The predicted molar refractivity (Wildman–Crippen MR) is 129 cm³/mol. The zero-order valence-corrected chi connectivity index (χ0v) is 19.8. The Morgan fingerprint density at radius 1 is 1.09 bits per heavy atom. The van der Waals surface area contributed by atoms with Crippen molar-refractivity contribution < 1.29 is 0 Å². The molecule has 1 spiro atoms. The van der Waals surface area contributed by atoms with Crippen LogP contribution in [0.1, 0.15) is 48.8 Å². The van der Waals surface area contributed by atoms with E-state index in [1.807, 2.05) is 6.20 Å². The lowest BCUT2D eigenvalue weighted by molar-refractivity contribution is 0.0250. The van der Waals surface area contributed by atoms with E-state index in [0.29, 0.717) is 17.8 Å². The van der Waals surface area contributed by atoms with Crippen LogP contribution >= 0.6 is 0 Å². The van der Waals surface area contributed by atoms with Crippen molar-refractivity contribution in [3.8, 4) is 6.07 Å². The number of hydrogen-bond acceptors (Lipinski definition) is 7. The average Bonchev–Trinajstić information content (AvgIpc) is 3.42. The van der Waals surface area contributed by atoms with Gasteiger partial charge in [0.05, 0.1) is 18.0 Å². The highest BCUT2D eigenvalue weighted by molar-refractivity contribution is 5.60. The Balaban J connectivity index is 1.17. The van der Waals surface area contributed by atoms with Gasteiger partial charge in [-0.2, -0.15) is 10.2 Å². The summed E-state index contributed by atoms with van der Waals surface area (Å²) in [5, 5.41) is 13.0. The van der Waals surface area contributed by atoms with Gasteiger partial charge in [-0.05, 0) is 81.4 Å². The Bertz CT molecular complexity index is 1100. The maximum Gasteiger partial charge on any atom is 0.229 e. The van der Waals surface area contributed by atoms with Gasteiger partial charge >= 0.3 is 0 Å². The highest BCUT2D eigenvalue weighted by Crippen LogP contribution is 2.54. The van der Waals surface area contributed by atoms with Crippen LogP contribution in [0, 0.1) is 23.7 Å². The summed E-state index contributed by atoms with van der Waals surface area (Å²) in [5.41, 5.74) is 5.51. The minimum Gasteiger partial charge on any atom is -0.352 e. The second-order valence-electron chi connectivity index (χ2n) is 10.9. The average molecular weight is 444 g/mol. The third-order valence-electron chi connectivity index (χ3n) is 8.42. The zero-order valence-electron chi connectivity index (χ0n) is 19.8. The Morgan fingerprint density at radius 3 is 2.58 bits per heavy atom. The van der Waals surface area contributed by atoms with Gasteiger partial charge in [0.15, 0.2) is 0 Å². The molecule has 0 atom stereocenters. The maximum atomic E-state index is 9.58. The molecule has 0 bridgehead atoms. The van der Waals surface area contributed by atoms with Gasteiger partial charge in [0.1, 0.15) is 5.82 Å². The summed E-state index contributed by atoms with van der Waals surface area (Å²) in [7, 11) is 2.15. The minimum atomic E-state index is -0.0256. The fourth-order valence-corrected chi connectivity index (χ4v) is 6.10. The van der Waals surface area contributed by atoms with Crippen LogP contribution in [0.15, 0.2) is 24.4 Å². The van der Waals surface area contributed by atoms with Crippen molar-refractivity contribution in [1.29, 1.82) is 5.26 Å². The SMILES string of the molecule is Cc1cnc(Nc2ccc3c(c2)CN(C)C3)nc1N1CC(CC#N)(N2CCC3(CC2)CC3)C1. The molecular formula is C26H33N7. The maximum absolute atomic E-state index is 9.58. The lowest BCUT2D eigenvalue weighted by Crippen LogP contribution is -2.71. The minimum absolute atomic E-state index is 0.0256. The fourth-order valence-electron chi connectivity index (χ4n) is 6.10. The van der Waals surface area contributed by atoms with Crippen molar-refractivity contribution in [3.05, 3.63) is 41.1 Å². The van der Waals surface area contributed by atoms with Crippen LogP contribution in [0.3, 0.4) is 0 Å². The first-order chi connectivity index (χ1) is 16.0. The molecule has 2 aromatic rings. The van der Waals surface area contributed by atoms with Crippen molar-refractivity contribution in [2.45, 2.75) is 57.7 Å². The van der Waals surface area contributed by atoms with Crippen molar-refractivity contribution in [3.63, 3.8) is 0 Å². The molecule has 0 unspecified atom stereocenters. The third kappa shape index (κ3) is 3.75. The molecule has 7 nitrogen and oxygen atoms in total. The van der Waals surface area contributed by atoms with Crippen molar-refractivity contribution in [1.82, 2.24) is 19.8 Å². The molecule has 3 fully saturated rings. The van der Waals surface area contributed by atoms with E-state index in [-0.39, 0.29) is 5.54 Å². The van der Waals surface area contributed by atoms with Crippen molar-refractivity contribution in [2.75, 3.05) is 43.4 Å². The van der Waals surface area contributed by atoms with Crippen LogP contribution in [-0.4, -0.2) is 58.5 Å². The van der Waals surface area contributed by atoms with E-state index in [1.54, 1.807) is 0 Å². The number of likely N-dealkylation sites (tertiary alicyclic amines) is 1. The van der Waals surface area contributed by atoms with Gasteiger partial charge in [-0.15, -0.1) is 0 Å². The molecule has 4 aliphatic rings. The first-order valence-corrected chi connectivity index (χ1v) is 12.3. The summed E-state index contributed by atoms with van der Waals surface area (Å²) >= 11 is 0. The standard InChI is InChI=1S/C26H33N7/c1-19-14-28-24(29-22-4-3-20-15-31(2)16-21(20)13-22)30-23(19)32-17-26(18-32,7-10-27)33-11-8-25(5-6-25)9-12-33/h3-4,13-14H,5-9,11-12,15-18H2,1-2H3,(H,28,29,30). The summed E-state index contributed by atoms with van der Waals surface area (Å²) in [4.78, 5) is 16.7. The van der Waals surface area contributed by atoms with Gasteiger partial charge in [0.2, 0.25) is 5.95 Å². The number of hydrogen-bond donors (Lipinski definition) is 1. The Hall–Kier alpha value is -2.69.